The first-order valence-corrected chi connectivity index (χ1v) is 4.09. The number of nitrogens with one attached hydrogen (secondary N) is 1. The minimum atomic E-state index is 1.04. The van der Waals surface area contributed by atoms with Crippen molar-refractivity contribution in [3.63, 3.8) is 0 Å². The highest BCUT2D eigenvalue weighted by Gasteiger charge is 1.77. The molecule has 0 fully saturated rings. The van der Waals surface area contributed by atoms with Gasteiger partial charge in [0.2, 0.25) is 0 Å². The molecule has 0 aliphatic rings. The molecule has 0 aliphatic heterocycles. The van der Waals surface area contributed by atoms with Crippen molar-refractivity contribution in [2.45, 2.75) is 32.6 Å². The van der Waals surface area contributed by atoms with Gasteiger partial charge in [0.15, 0.2) is 0 Å². The van der Waals surface area contributed by atoms with Crippen molar-refractivity contribution in [2.75, 3.05) is 6.54 Å². The zero-order chi connectivity index (χ0) is 7.66. The lowest BCUT2D eigenvalue weighted by Gasteiger charge is -1.94. The second-order valence-electron chi connectivity index (χ2n) is 2.35. The second-order valence-corrected chi connectivity index (χ2v) is 2.35. The Morgan fingerprint density at radius 1 is 1.50 bits per heavy atom. The average Bonchev–Trinajstić information content (AvgIpc) is 1.97. The van der Waals surface area contributed by atoms with E-state index in [-0.39, 0.29) is 0 Å². The predicted molar refractivity (Wildman–Crippen MR) is 46.6 cm³/mol. The summed E-state index contributed by atoms with van der Waals surface area (Å²) in [6, 6.07) is 0. The summed E-state index contributed by atoms with van der Waals surface area (Å²) in [7, 11) is 0. The van der Waals surface area contributed by atoms with Crippen LogP contribution in [0, 0.1) is 6.92 Å². The minimum absolute atomic E-state index is 1.04. The van der Waals surface area contributed by atoms with Crippen LogP contribution in [0.3, 0.4) is 0 Å². The smallest absolute Gasteiger partial charge is 0.0138 e. The topological polar surface area (TPSA) is 12.0 Å². The summed E-state index contributed by atoms with van der Waals surface area (Å²) in [6.45, 7) is 7.01. The average molecular weight is 140 g/mol. The Kier molecular flexibility index (Phi) is 8.15. The highest BCUT2D eigenvalue weighted by atomic mass is 14.8. The maximum absolute atomic E-state index is 3.77. The van der Waals surface area contributed by atoms with Crippen molar-refractivity contribution in [1.29, 1.82) is 0 Å². The van der Waals surface area contributed by atoms with Crippen molar-refractivity contribution in [3.8, 4) is 0 Å². The van der Waals surface area contributed by atoms with Crippen molar-refractivity contribution >= 4 is 0 Å². The number of unbranched alkanes of at least 4 members (excludes halogenated alkanes) is 2. The summed E-state index contributed by atoms with van der Waals surface area (Å²) in [5, 5.41) is 3.19. The third kappa shape index (κ3) is 7.54. The molecule has 0 unspecified atom stereocenters. The summed E-state index contributed by atoms with van der Waals surface area (Å²) >= 11 is 0. The molecule has 0 bridgehead atoms. The molecule has 0 heterocycles. The zero-order valence-electron chi connectivity index (χ0n) is 6.90. The highest BCUT2D eigenvalue weighted by Crippen LogP contribution is 1.92. The molecule has 1 N–H and O–H groups in total. The number of allylic oxidation sites excluding steroid dienone is 1. The van der Waals surface area contributed by atoms with Gasteiger partial charge in [-0.1, -0.05) is 26.3 Å². The molecule has 1 nitrogen and oxygen atoms in total. The van der Waals surface area contributed by atoms with E-state index >= 15 is 0 Å². The maximum atomic E-state index is 3.77. The van der Waals surface area contributed by atoms with E-state index in [4.69, 9.17) is 0 Å². The van der Waals surface area contributed by atoms with Gasteiger partial charge in [0, 0.05) is 6.54 Å². The highest BCUT2D eigenvalue weighted by molar-refractivity contribution is 4.78. The van der Waals surface area contributed by atoms with E-state index < -0.39 is 0 Å². The van der Waals surface area contributed by atoms with Gasteiger partial charge in [-0.2, -0.15) is 0 Å². The van der Waals surface area contributed by atoms with Gasteiger partial charge in [-0.25, -0.2) is 0 Å². The first-order valence-electron chi connectivity index (χ1n) is 4.09. The van der Waals surface area contributed by atoms with Gasteiger partial charge < -0.3 is 5.32 Å². The summed E-state index contributed by atoms with van der Waals surface area (Å²) in [4.78, 5) is 0. The van der Waals surface area contributed by atoms with E-state index in [1.54, 1.807) is 0 Å². The SMILES string of the molecule is [CH2]CCCC=CNCCC. The van der Waals surface area contributed by atoms with E-state index in [9.17, 15) is 0 Å². The van der Waals surface area contributed by atoms with Crippen LogP contribution < -0.4 is 5.32 Å². The Balaban J connectivity index is 2.89. The monoisotopic (exact) mass is 140 g/mol. The molecule has 0 aromatic rings. The fourth-order valence-corrected chi connectivity index (χ4v) is 0.657. The Bertz CT molecular complexity index is 66.8. The number of rotatable bonds is 6. The summed E-state index contributed by atoms with van der Waals surface area (Å²) in [6.07, 6.45) is 8.79. The predicted octanol–water partition coefficient (Wildman–Crippen LogP) is 2.50. The normalized spacial score (nSPS) is 10.6. The summed E-state index contributed by atoms with van der Waals surface area (Å²) in [5.41, 5.74) is 0. The van der Waals surface area contributed by atoms with Crippen LogP contribution in [-0.4, -0.2) is 6.54 Å². The van der Waals surface area contributed by atoms with Crippen molar-refractivity contribution in [3.05, 3.63) is 19.2 Å². The molecule has 0 aliphatic carbocycles. The molecule has 0 aromatic carbocycles. The van der Waals surface area contributed by atoms with Gasteiger partial charge in [-0.3, -0.25) is 0 Å². The number of hydrogen-bond acceptors (Lipinski definition) is 1. The standard InChI is InChI=1S/C9H18N/c1-3-5-6-7-9-10-8-4-2/h7,9-10H,1,3-6,8H2,2H3. The van der Waals surface area contributed by atoms with Crippen LogP contribution in [-0.2, 0) is 0 Å². The maximum Gasteiger partial charge on any atom is 0.0138 e. The van der Waals surface area contributed by atoms with Crippen LogP contribution in [0.4, 0.5) is 0 Å². The molecule has 0 saturated carbocycles. The minimum Gasteiger partial charge on any atom is -0.391 e. The molecule has 0 amide bonds. The first kappa shape index (κ1) is 9.54. The first-order chi connectivity index (χ1) is 4.91. The van der Waals surface area contributed by atoms with E-state index in [1.807, 2.05) is 6.20 Å². The van der Waals surface area contributed by atoms with Crippen LogP contribution >= 0.6 is 0 Å². The van der Waals surface area contributed by atoms with Crippen molar-refractivity contribution in [2.24, 2.45) is 0 Å². The van der Waals surface area contributed by atoms with E-state index in [1.165, 1.54) is 12.8 Å². The lowest BCUT2D eigenvalue weighted by atomic mass is 10.2. The lowest BCUT2D eigenvalue weighted by Crippen LogP contribution is -2.04. The molecule has 59 valence electrons. The third-order valence-electron chi connectivity index (χ3n) is 1.25. The van der Waals surface area contributed by atoms with Gasteiger partial charge in [0.05, 0.1) is 0 Å². The molecule has 10 heavy (non-hydrogen) atoms. The van der Waals surface area contributed by atoms with E-state index in [0.29, 0.717) is 0 Å². The van der Waals surface area contributed by atoms with E-state index in [2.05, 4.69) is 25.2 Å². The molecule has 1 radical (unpaired) electrons. The van der Waals surface area contributed by atoms with Crippen LogP contribution in [0.1, 0.15) is 32.6 Å². The molecule has 0 spiro atoms. The molecule has 0 aromatic heterocycles. The van der Waals surface area contributed by atoms with Gasteiger partial charge in [0.25, 0.3) is 0 Å². The van der Waals surface area contributed by atoms with Gasteiger partial charge in [-0.15, -0.1) is 0 Å². The fourth-order valence-electron chi connectivity index (χ4n) is 0.657. The summed E-state index contributed by atoms with van der Waals surface area (Å²) in [5.74, 6) is 0. The Labute approximate surface area is 64.5 Å². The van der Waals surface area contributed by atoms with E-state index in [0.717, 1.165) is 19.4 Å². The Morgan fingerprint density at radius 2 is 2.30 bits per heavy atom. The molecule has 0 saturated heterocycles. The van der Waals surface area contributed by atoms with Crippen molar-refractivity contribution in [1.82, 2.24) is 5.32 Å². The van der Waals surface area contributed by atoms with Crippen LogP contribution in [0.15, 0.2) is 12.3 Å². The zero-order valence-corrected chi connectivity index (χ0v) is 6.90. The van der Waals surface area contributed by atoms with Gasteiger partial charge in [-0.05, 0) is 25.5 Å². The summed E-state index contributed by atoms with van der Waals surface area (Å²) < 4.78 is 0. The molecular formula is C9H18N. The third-order valence-corrected chi connectivity index (χ3v) is 1.25. The second kappa shape index (κ2) is 8.54. The molecular weight excluding hydrogens is 122 g/mol. The molecule has 0 rings (SSSR count). The van der Waals surface area contributed by atoms with Crippen LogP contribution in [0.2, 0.25) is 0 Å². The Morgan fingerprint density at radius 3 is 2.90 bits per heavy atom. The lowest BCUT2D eigenvalue weighted by molar-refractivity contribution is 0.797. The fraction of sp³-hybridized carbons (Fsp3) is 0.667. The van der Waals surface area contributed by atoms with Crippen LogP contribution in [0.25, 0.3) is 0 Å². The quantitative estimate of drug-likeness (QED) is 0.559. The molecule has 0 atom stereocenters. The Hall–Kier alpha value is -0.460. The largest absolute Gasteiger partial charge is 0.391 e. The van der Waals surface area contributed by atoms with Crippen molar-refractivity contribution < 1.29 is 0 Å². The van der Waals surface area contributed by atoms with Crippen LogP contribution in [0.5, 0.6) is 0 Å². The van der Waals surface area contributed by atoms with Gasteiger partial charge in [0.1, 0.15) is 0 Å². The molecule has 1 heteroatoms. The number of hydrogen-bond donors (Lipinski definition) is 1. The van der Waals surface area contributed by atoms with Gasteiger partial charge >= 0.3 is 0 Å².